The fourth-order valence-corrected chi connectivity index (χ4v) is 3.31. The summed E-state index contributed by atoms with van der Waals surface area (Å²) in [5.41, 5.74) is 5.56. The van der Waals surface area contributed by atoms with Crippen LogP contribution in [0.25, 0.3) is 0 Å². The van der Waals surface area contributed by atoms with E-state index < -0.39 is 11.7 Å². The highest BCUT2D eigenvalue weighted by molar-refractivity contribution is 7.15. The van der Waals surface area contributed by atoms with Crippen LogP contribution in [-0.4, -0.2) is 17.5 Å². The minimum Gasteiger partial charge on any atom is -0.366 e. The summed E-state index contributed by atoms with van der Waals surface area (Å²) in [6.45, 7) is 0. The van der Waals surface area contributed by atoms with Crippen LogP contribution in [0.4, 0.5) is 0 Å². The number of carbonyl (C=O) groups excluding carboxylic acids is 3. The maximum atomic E-state index is 12.4. The Morgan fingerprint density at radius 3 is 2.30 bits per heavy atom. The molecule has 2 aromatic rings. The molecule has 0 unspecified atom stereocenters. The van der Waals surface area contributed by atoms with E-state index in [-0.39, 0.29) is 37.8 Å². The van der Waals surface area contributed by atoms with Gasteiger partial charge in [-0.1, -0.05) is 24.3 Å². The number of benzene rings is 1. The van der Waals surface area contributed by atoms with Crippen molar-refractivity contribution in [1.29, 1.82) is 5.26 Å². The van der Waals surface area contributed by atoms with Crippen molar-refractivity contribution in [2.45, 2.75) is 0 Å². The Kier molecular flexibility index (Phi) is 2.52. The lowest BCUT2D eigenvalue weighted by Gasteiger charge is -2.14. The Morgan fingerprint density at radius 2 is 1.75 bits per heavy atom. The first-order valence-electron chi connectivity index (χ1n) is 5.61. The molecule has 1 amide bonds. The largest absolute Gasteiger partial charge is 0.366 e. The number of rotatable bonds is 1. The Bertz CT molecular complexity index is 843. The smallest absolute Gasteiger partial charge is 0.251 e. The van der Waals surface area contributed by atoms with Gasteiger partial charge in [0.2, 0.25) is 5.78 Å². The number of amides is 1. The van der Waals surface area contributed by atoms with E-state index in [0.717, 1.165) is 11.3 Å². The summed E-state index contributed by atoms with van der Waals surface area (Å²) >= 11 is 0.833. The van der Waals surface area contributed by atoms with Crippen LogP contribution < -0.4 is 5.73 Å². The van der Waals surface area contributed by atoms with Gasteiger partial charge < -0.3 is 5.73 Å². The Balaban J connectivity index is 2.39. The number of hydrogen-bond donors (Lipinski definition) is 1. The molecule has 0 spiro atoms. The van der Waals surface area contributed by atoms with Crippen LogP contribution in [0.3, 0.4) is 0 Å². The van der Waals surface area contributed by atoms with Gasteiger partial charge in [-0.15, -0.1) is 11.3 Å². The second-order valence-corrected chi connectivity index (χ2v) is 5.21. The molecule has 3 rings (SSSR count). The lowest BCUT2D eigenvalue weighted by molar-refractivity contribution is 0.0967. The van der Waals surface area contributed by atoms with Crippen LogP contribution in [0.1, 0.15) is 46.4 Å². The van der Waals surface area contributed by atoms with Crippen molar-refractivity contribution in [2.75, 3.05) is 0 Å². The summed E-state index contributed by atoms with van der Waals surface area (Å²) in [5.74, 6) is -1.68. The average Bonchev–Trinajstić information content (AvgIpc) is 2.85. The number of nitrogens with two attached hydrogens (primary N) is 1. The van der Waals surface area contributed by atoms with Crippen molar-refractivity contribution in [2.24, 2.45) is 5.73 Å². The maximum absolute atomic E-state index is 12.4. The van der Waals surface area contributed by atoms with Gasteiger partial charge in [-0.05, 0) is 0 Å². The lowest BCUT2D eigenvalue weighted by Crippen LogP contribution is -2.23. The summed E-state index contributed by atoms with van der Waals surface area (Å²) in [4.78, 5) is 36.4. The zero-order valence-corrected chi connectivity index (χ0v) is 10.8. The molecule has 0 radical (unpaired) electrons. The third-order valence-electron chi connectivity index (χ3n) is 3.11. The lowest BCUT2D eigenvalue weighted by atomic mass is 9.86. The fraction of sp³-hybridized carbons (Fsp3) is 0. The van der Waals surface area contributed by atoms with Gasteiger partial charge in [-0.3, -0.25) is 14.4 Å². The van der Waals surface area contributed by atoms with Crippen molar-refractivity contribution in [3.05, 3.63) is 56.3 Å². The number of fused-ring (bicyclic) bond motifs is 2. The molecule has 1 aliphatic carbocycles. The average molecular weight is 282 g/mol. The summed E-state index contributed by atoms with van der Waals surface area (Å²) < 4.78 is 0. The number of nitrogens with zero attached hydrogens (tertiary/aromatic N) is 1. The Morgan fingerprint density at radius 1 is 1.15 bits per heavy atom. The molecule has 1 heterocycles. The van der Waals surface area contributed by atoms with Crippen molar-refractivity contribution in [1.82, 2.24) is 0 Å². The first-order chi connectivity index (χ1) is 9.56. The van der Waals surface area contributed by atoms with Crippen LogP contribution in [0.5, 0.6) is 0 Å². The van der Waals surface area contributed by atoms with E-state index in [4.69, 9.17) is 11.0 Å². The van der Waals surface area contributed by atoms with Gasteiger partial charge in [0.05, 0.1) is 16.0 Å². The highest BCUT2D eigenvalue weighted by Gasteiger charge is 2.36. The van der Waals surface area contributed by atoms with Gasteiger partial charge in [0, 0.05) is 11.1 Å². The molecule has 20 heavy (non-hydrogen) atoms. The topological polar surface area (TPSA) is 101 Å². The molecular formula is C14H6N2O3S. The quantitative estimate of drug-likeness (QED) is 0.730. The molecule has 0 aliphatic heterocycles. The van der Waals surface area contributed by atoms with Gasteiger partial charge in [0.25, 0.3) is 5.91 Å². The molecule has 0 saturated carbocycles. The van der Waals surface area contributed by atoms with E-state index in [2.05, 4.69) is 0 Å². The second kappa shape index (κ2) is 4.11. The Labute approximate surface area is 117 Å². The SMILES string of the molecule is N#Cc1sc2c(c1C(N)=O)C(=O)c1ccccc1C2=O. The van der Waals surface area contributed by atoms with Gasteiger partial charge >= 0.3 is 0 Å². The summed E-state index contributed by atoms with van der Waals surface area (Å²) in [6.07, 6.45) is 0. The molecule has 1 aromatic carbocycles. The molecule has 2 N–H and O–H groups in total. The molecular weight excluding hydrogens is 276 g/mol. The third kappa shape index (κ3) is 1.44. The van der Waals surface area contributed by atoms with E-state index in [1.807, 2.05) is 6.07 Å². The second-order valence-electron chi connectivity index (χ2n) is 4.19. The van der Waals surface area contributed by atoms with E-state index >= 15 is 0 Å². The maximum Gasteiger partial charge on any atom is 0.251 e. The van der Waals surface area contributed by atoms with Crippen LogP contribution in [0.15, 0.2) is 24.3 Å². The zero-order valence-electron chi connectivity index (χ0n) is 9.97. The van der Waals surface area contributed by atoms with Gasteiger partial charge in [-0.25, -0.2) is 0 Å². The van der Waals surface area contributed by atoms with E-state index in [1.54, 1.807) is 18.2 Å². The predicted molar refractivity (Wildman–Crippen MR) is 70.9 cm³/mol. The predicted octanol–water partition coefficient (Wildman–Crippen LogP) is 1.49. The molecule has 96 valence electrons. The fourth-order valence-electron chi connectivity index (χ4n) is 2.26. The number of nitriles is 1. The number of primary amides is 1. The van der Waals surface area contributed by atoms with Crippen LogP contribution >= 0.6 is 11.3 Å². The highest BCUT2D eigenvalue weighted by atomic mass is 32.1. The standard InChI is InChI=1S/C14H6N2O3S/c15-5-8-9(14(16)19)10-11(17)6-3-1-2-4-7(6)12(18)13(10)20-8/h1-4H,(H2,16,19). The molecule has 0 saturated heterocycles. The van der Waals surface area contributed by atoms with E-state index in [0.29, 0.717) is 0 Å². The van der Waals surface area contributed by atoms with Crippen molar-refractivity contribution >= 4 is 28.8 Å². The molecule has 1 aliphatic rings. The minimum atomic E-state index is -0.875. The van der Waals surface area contributed by atoms with Gasteiger partial charge in [0.1, 0.15) is 10.9 Å². The van der Waals surface area contributed by atoms with Crippen LogP contribution in [-0.2, 0) is 0 Å². The minimum absolute atomic E-state index is 0.00277. The van der Waals surface area contributed by atoms with Crippen molar-refractivity contribution < 1.29 is 14.4 Å². The number of hydrogen-bond acceptors (Lipinski definition) is 5. The number of ketones is 2. The normalized spacial score (nSPS) is 12.6. The van der Waals surface area contributed by atoms with Crippen LogP contribution in [0, 0.1) is 11.3 Å². The first-order valence-corrected chi connectivity index (χ1v) is 6.43. The summed E-state index contributed by atoms with van der Waals surface area (Å²) in [5, 5.41) is 9.04. The first kappa shape index (κ1) is 12.3. The Hall–Kier alpha value is -2.78. The monoisotopic (exact) mass is 282 g/mol. The molecule has 0 fully saturated rings. The van der Waals surface area contributed by atoms with E-state index in [1.165, 1.54) is 6.07 Å². The van der Waals surface area contributed by atoms with Crippen LogP contribution in [0.2, 0.25) is 0 Å². The summed E-state index contributed by atoms with van der Waals surface area (Å²) in [7, 11) is 0. The highest BCUT2D eigenvalue weighted by Crippen LogP contribution is 2.36. The number of thiophene rings is 1. The van der Waals surface area contributed by atoms with Crippen molar-refractivity contribution in [3.8, 4) is 6.07 Å². The zero-order chi connectivity index (χ0) is 14.4. The molecule has 0 atom stereocenters. The molecule has 5 nitrogen and oxygen atoms in total. The molecule has 0 bridgehead atoms. The molecule has 1 aromatic heterocycles. The molecule has 6 heteroatoms. The van der Waals surface area contributed by atoms with E-state index in [9.17, 15) is 14.4 Å². The van der Waals surface area contributed by atoms with Crippen molar-refractivity contribution in [3.63, 3.8) is 0 Å². The van der Waals surface area contributed by atoms with Gasteiger partial charge in [0.15, 0.2) is 5.78 Å². The number of carbonyl (C=O) groups is 3. The van der Waals surface area contributed by atoms with Gasteiger partial charge in [-0.2, -0.15) is 5.26 Å². The third-order valence-corrected chi connectivity index (χ3v) is 4.20. The summed E-state index contributed by atoms with van der Waals surface area (Å²) in [6, 6.07) is 8.18.